The Bertz CT molecular complexity index is 524. The zero-order valence-corrected chi connectivity index (χ0v) is 9.37. The molecule has 0 bridgehead atoms. The monoisotopic (exact) mass is 240 g/mol. The van der Waals surface area contributed by atoms with Crippen LogP contribution in [0.15, 0.2) is 18.2 Å². The van der Waals surface area contributed by atoms with Crippen LogP contribution < -0.4 is 5.73 Å². The third-order valence-electron chi connectivity index (χ3n) is 2.28. The van der Waals surface area contributed by atoms with Crippen molar-refractivity contribution in [3.05, 3.63) is 34.7 Å². The van der Waals surface area contributed by atoms with Crippen molar-refractivity contribution in [2.45, 2.75) is 13.3 Å². The fourth-order valence-corrected chi connectivity index (χ4v) is 1.64. The van der Waals surface area contributed by atoms with Gasteiger partial charge in [-0.2, -0.15) is 0 Å². The van der Waals surface area contributed by atoms with Gasteiger partial charge in [-0.15, -0.1) is 5.10 Å². The molecule has 0 unspecified atom stereocenters. The lowest BCUT2D eigenvalue weighted by Gasteiger charge is -2.05. The summed E-state index contributed by atoms with van der Waals surface area (Å²) in [6, 6.07) is 4.35. The molecule has 0 fully saturated rings. The first-order valence-electron chi connectivity index (χ1n) is 4.79. The molecule has 0 saturated carbocycles. The molecular weight excluding hydrogens is 231 g/mol. The average Bonchev–Trinajstić information content (AvgIpc) is 2.63. The number of hydrogen-bond donors (Lipinski definition) is 1. The van der Waals surface area contributed by atoms with Crippen molar-refractivity contribution in [2.24, 2.45) is 0 Å². The summed E-state index contributed by atoms with van der Waals surface area (Å²) in [4.78, 5) is 0. The third-order valence-corrected chi connectivity index (χ3v) is 2.57. The molecule has 2 N–H and O–H groups in total. The zero-order valence-electron chi connectivity index (χ0n) is 8.61. The largest absolute Gasteiger partial charge is 0.381 e. The van der Waals surface area contributed by atoms with E-state index in [1.54, 1.807) is 10.7 Å². The lowest BCUT2D eigenvalue weighted by atomic mass is 10.3. The molecule has 84 valence electrons. The number of benzene rings is 1. The first-order valence-corrected chi connectivity index (χ1v) is 5.16. The van der Waals surface area contributed by atoms with Crippen LogP contribution in [0.4, 0.5) is 10.2 Å². The van der Waals surface area contributed by atoms with E-state index in [4.69, 9.17) is 17.3 Å². The van der Waals surface area contributed by atoms with Crippen molar-refractivity contribution in [1.82, 2.24) is 15.0 Å². The standard InChI is InChI=1S/C10H10ClFN4/c1-2-9-10(13)14-15-16(9)6-3-4-8(12)7(11)5-6/h3-5H,2,13H2,1H3. The van der Waals surface area contributed by atoms with Crippen LogP contribution in [-0.2, 0) is 6.42 Å². The highest BCUT2D eigenvalue weighted by atomic mass is 35.5. The molecule has 0 spiro atoms. The van der Waals surface area contributed by atoms with Crippen molar-refractivity contribution in [1.29, 1.82) is 0 Å². The summed E-state index contributed by atoms with van der Waals surface area (Å²) in [6.07, 6.45) is 0.688. The second-order valence-corrected chi connectivity index (χ2v) is 3.69. The number of halogens is 2. The molecule has 0 atom stereocenters. The van der Waals surface area contributed by atoms with E-state index in [0.29, 0.717) is 17.9 Å². The minimum absolute atomic E-state index is 0.0497. The van der Waals surface area contributed by atoms with Gasteiger partial charge in [-0.25, -0.2) is 9.07 Å². The van der Waals surface area contributed by atoms with E-state index >= 15 is 0 Å². The Hall–Kier alpha value is -1.62. The Labute approximate surface area is 96.8 Å². The van der Waals surface area contributed by atoms with Crippen LogP contribution in [0, 0.1) is 5.82 Å². The number of nitrogen functional groups attached to an aromatic ring is 1. The van der Waals surface area contributed by atoms with Crippen molar-refractivity contribution < 1.29 is 4.39 Å². The molecule has 0 aliphatic rings. The Balaban J connectivity index is 2.54. The van der Waals surface area contributed by atoms with Crippen LogP contribution in [0.1, 0.15) is 12.6 Å². The molecule has 0 aliphatic heterocycles. The Kier molecular flexibility index (Phi) is 2.78. The Morgan fingerprint density at radius 1 is 1.50 bits per heavy atom. The van der Waals surface area contributed by atoms with Crippen LogP contribution in [-0.4, -0.2) is 15.0 Å². The summed E-state index contributed by atoms with van der Waals surface area (Å²) in [6.45, 7) is 1.94. The minimum Gasteiger partial charge on any atom is -0.381 e. The van der Waals surface area contributed by atoms with Gasteiger partial charge in [0.2, 0.25) is 0 Å². The number of rotatable bonds is 2. The molecular formula is C10H10ClFN4. The molecule has 1 aromatic carbocycles. The van der Waals surface area contributed by atoms with E-state index in [1.165, 1.54) is 12.1 Å². The van der Waals surface area contributed by atoms with Gasteiger partial charge >= 0.3 is 0 Å². The van der Waals surface area contributed by atoms with Crippen LogP contribution in [0.3, 0.4) is 0 Å². The highest BCUT2D eigenvalue weighted by Gasteiger charge is 2.11. The maximum atomic E-state index is 13.0. The van der Waals surface area contributed by atoms with Crippen molar-refractivity contribution in [3.63, 3.8) is 0 Å². The van der Waals surface area contributed by atoms with E-state index in [2.05, 4.69) is 10.3 Å². The van der Waals surface area contributed by atoms with E-state index < -0.39 is 5.82 Å². The molecule has 2 rings (SSSR count). The minimum atomic E-state index is -0.462. The second-order valence-electron chi connectivity index (χ2n) is 3.29. The molecule has 4 nitrogen and oxygen atoms in total. The normalized spacial score (nSPS) is 10.7. The summed E-state index contributed by atoms with van der Waals surface area (Å²) in [5.41, 5.74) is 7.08. The Morgan fingerprint density at radius 3 is 2.88 bits per heavy atom. The van der Waals surface area contributed by atoms with Gasteiger partial charge in [0.05, 0.1) is 16.4 Å². The maximum Gasteiger partial charge on any atom is 0.169 e. The summed E-state index contributed by atoms with van der Waals surface area (Å²) < 4.78 is 14.6. The number of aromatic nitrogens is 3. The van der Waals surface area contributed by atoms with Crippen LogP contribution in [0.5, 0.6) is 0 Å². The molecule has 0 aliphatic carbocycles. The van der Waals surface area contributed by atoms with Gasteiger partial charge in [0.15, 0.2) is 5.82 Å². The average molecular weight is 241 g/mol. The van der Waals surface area contributed by atoms with Crippen molar-refractivity contribution in [3.8, 4) is 5.69 Å². The predicted molar refractivity (Wildman–Crippen MR) is 60.1 cm³/mol. The van der Waals surface area contributed by atoms with E-state index in [9.17, 15) is 4.39 Å². The first kappa shape index (κ1) is 10.9. The van der Waals surface area contributed by atoms with Crippen molar-refractivity contribution in [2.75, 3.05) is 5.73 Å². The molecule has 0 radical (unpaired) electrons. The molecule has 6 heteroatoms. The van der Waals surface area contributed by atoms with E-state index in [-0.39, 0.29) is 5.02 Å². The highest BCUT2D eigenvalue weighted by Crippen LogP contribution is 2.20. The van der Waals surface area contributed by atoms with Gasteiger partial charge in [0.1, 0.15) is 5.82 Å². The summed E-state index contributed by atoms with van der Waals surface area (Å²) >= 11 is 5.70. The summed E-state index contributed by atoms with van der Waals surface area (Å²) in [5, 5.41) is 7.71. The number of nitrogens with zero attached hydrogens (tertiary/aromatic N) is 3. The lowest BCUT2D eigenvalue weighted by molar-refractivity contribution is 0.627. The summed E-state index contributed by atoms with van der Waals surface area (Å²) in [5.74, 6) is -0.0838. The molecule has 0 saturated heterocycles. The summed E-state index contributed by atoms with van der Waals surface area (Å²) in [7, 11) is 0. The fraction of sp³-hybridized carbons (Fsp3) is 0.200. The van der Waals surface area contributed by atoms with Gasteiger partial charge in [-0.1, -0.05) is 23.7 Å². The zero-order chi connectivity index (χ0) is 11.7. The fourth-order valence-electron chi connectivity index (χ4n) is 1.47. The third kappa shape index (κ3) is 1.74. The first-order chi connectivity index (χ1) is 7.63. The lowest BCUT2D eigenvalue weighted by Crippen LogP contribution is -2.03. The van der Waals surface area contributed by atoms with Crippen LogP contribution in [0.2, 0.25) is 5.02 Å². The smallest absolute Gasteiger partial charge is 0.169 e. The van der Waals surface area contributed by atoms with Gasteiger partial charge in [0.25, 0.3) is 0 Å². The van der Waals surface area contributed by atoms with Gasteiger partial charge in [-0.3, -0.25) is 0 Å². The highest BCUT2D eigenvalue weighted by molar-refractivity contribution is 6.30. The number of nitrogens with two attached hydrogens (primary N) is 1. The van der Waals surface area contributed by atoms with E-state index in [1.807, 2.05) is 6.92 Å². The molecule has 2 aromatic rings. The number of anilines is 1. The van der Waals surface area contributed by atoms with Crippen LogP contribution >= 0.6 is 11.6 Å². The maximum absolute atomic E-state index is 13.0. The Morgan fingerprint density at radius 2 is 2.25 bits per heavy atom. The molecule has 0 amide bonds. The SMILES string of the molecule is CCc1c(N)nnn1-c1ccc(F)c(Cl)c1. The van der Waals surface area contributed by atoms with E-state index in [0.717, 1.165) is 5.69 Å². The second kappa shape index (κ2) is 4.09. The number of hydrogen-bond acceptors (Lipinski definition) is 3. The van der Waals surface area contributed by atoms with Gasteiger partial charge in [-0.05, 0) is 24.6 Å². The predicted octanol–water partition coefficient (Wildman–Crippen LogP) is 2.20. The van der Waals surface area contributed by atoms with Crippen molar-refractivity contribution >= 4 is 17.4 Å². The van der Waals surface area contributed by atoms with Crippen LogP contribution in [0.25, 0.3) is 5.69 Å². The molecule has 16 heavy (non-hydrogen) atoms. The van der Waals surface area contributed by atoms with Gasteiger partial charge < -0.3 is 5.73 Å². The quantitative estimate of drug-likeness (QED) is 0.876. The molecule has 1 heterocycles. The molecule has 1 aromatic heterocycles. The topological polar surface area (TPSA) is 56.7 Å². The van der Waals surface area contributed by atoms with Gasteiger partial charge in [0, 0.05) is 0 Å².